The van der Waals surface area contributed by atoms with E-state index in [1.165, 1.54) is 10.3 Å². The van der Waals surface area contributed by atoms with Crippen molar-refractivity contribution in [2.24, 2.45) is 0 Å². The molecule has 104 valence electrons. The topological polar surface area (TPSA) is 20.3 Å². The first-order chi connectivity index (χ1) is 10.3. The molecule has 2 aromatic carbocycles. The number of thiophene rings is 1. The fraction of sp³-hybridized carbons (Fsp3) is 0.167. The van der Waals surface area contributed by atoms with Gasteiger partial charge in [-0.25, -0.2) is 0 Å². The maximum Gasteiger partial charge on any atom is 0.268 e. The van der Waals surface area contributed by atoms with Crippen molar-refractivity contribution in [2.75, 3.05) is 11.4 Å². The summed E-state index contributed by atoms with van der Waals surface area (Å²) < 4.78 is 1.17. The van der Waals surface area contributed by atoms with Gasteiger partial charge in [0.2, 0.25) is 0 Å². The highest BCUT2D eigenvalue weighted by atomic mass is 32.1. The molecule has 3 aromatic rings. The maximum absolute atomic E-state index is 12.9. The Labute approximate surface area is 127 Å². The van der Waals surface area contributed by atoms with Crippen molar-refractivity contribution in [1.29, 1.82) is 0 Å². The molecule has 0 saturated carbocycles. The fourth-order valence-electron chi connectivity index (χ4n) is 2.96. The first kappa shape index (κ1) is 12.6. The van der Waals surface area contributed by atoms with Crippen LogP contribution in [0.3, 0.4) is 0 Å². The molecule has 0 fully saturated rings. The Morgan fingerprint density at radius 2 is 1.86 bits per heavy atom. The summed E-state index contributed by atoms with van der Waals surface area (Å²) in [6.07, 6.45) is 2.10. The molecule has 4 rings (SSSR count). The first-order valence-corrected chi connectivity index (χ1v) is 8.03. The molecule has 0 atom stereocenters. The average Bonchev–Trinajstić information content (AvgIpc) is 2.97. The number of hydrogen-bond acceptors (Lipinski definition) is 2. The Balaban J connectivity index is 1.75. The largest absolute Gasteiger partial charge is 0.307 e. The van der Waals surface area contributed by atoms with Gasteiger partial charge >= 0.3 is 0 Å². The van der Waals surface area contributed by atoms with Crippen molar-refractivity contribution in [3.8, 4) is 0 Å². The van der Waals surface area contributed by atoms with Gasteiger partial charge in [0.1, 0.15) is 0 Å². The number of nitrogens with zero attached hydrogens (tertiary/aromatic N) is 1. The van der Waals surface area contributed by atoms with Crippen LogP contribution in [0.2, 0.25) is 0 Å². The number of para-hydroxylation sites is 1. The van der Waals surface area contributed by atoms with Crippen LogP contribution in [0.4, 0.5) is 5.69 Å². The van der Waals surface area contributed by atoms with Gasteiger partial charge in [0.25, 0.3) is 5.91 Å². The van der Waals surface area contributed by atoms with E-state index in [1.807, 2.05) is 35.2 Å². The highest BCUT2D eigenvalue weighted by Crippen LogP contribution is 2.31. The van der Waals surface area contributed by atoms with Crippen LogP contribution in [0.25, 0.3) is 10.1 Å². The minimum Gasteiger partial charge on any atom is -0.307 e. The second kappa shape index (κ2) is 5.01. The standard InChI is InChI=1S/C18H15NOS/c20-18(17-12-14-7-2-4-10-16(14)21-17)19-11-5-8-13-6-1-3-9-15(13)19/h1-4,6-7,9-10,12H,5,8,11H2. The van der Waals surface area contributed by atoms with Crippen molar-refractivity contribution >= 4 is 33.0 Å². The van der Waals surface area contributed by atoms with Crippen LogP contribution in [0.15, 0.2) is 54.6 Å². The summed E-state index contributed by atoms with van der Waals surface area (Å²) in [6.45, 7) is 0.810. The Morgan fingerprint density at radius 3 is 2.76 bits per heavy atom. The summed E-state index contributed by atoms with van der Waals surface area (Å²) in [5, 5.41) is 1.15. The number of rotatable bonds is 1. The minimum atomic E-state index is 0.128. The molecule has 0 bridgehead atoms. The number of carbonyl (C=O) groups excluding carboxylic acids is 1. The molecule has 0 radical (unpaired) electrons. The third-order valence-electron chi connectivity index (χ3n) is 3.99. The summed E-state index contributed by atoms with van der Waals surface area (Å²) in [5.41, 5.74) is 2.35. The number of amides is 1. The number of carbonyl (C=O) groups is 1. The SMILES string of the molecule is O=C(c1cc2ccccc2s1)N1CCCc2ccccc21. The molecule has 0 aliphatic carbocycles. The lowest BCUT2D eigenvalue weighted by atomic mass is 10.0. The lowest BCUT2D eigenvalue weighted by molar-refractivity contribution is 0.0989. The molecule has 1 amide bonds. The van der Waals surface area contributed by atoms with E-state index >= 15 is 0 Å². The Morgan fingerprint density at radius 1 is 1.05 bits per heavy atom. The lowest BCUT2D eigenvalue weighted by Gasteiger charge is -2.29. The second-order valence-corrected chi connectivity index (χ2v) is 6.42. The molecular weight excluding hydrogens is 278 g/mol. The van der Waals surface area contributed by atoms with E-state index in [9.17, 15) is 4.79 Å². The van der Waals surface area contributed by atoms with Crippen LogP contribution in [0.1, 0.15) is 21.7 Å². The van der Waals surface area contributed by atoms with E-state index in [1.54, 1.807) is 11.3 Å². The van der Waals surface area contributed by atoms with Crippen LogP contribution >= 0.6 is 11.3 Å². The van der Waals surface area contributed by atoms with Gasteiger partial charge in [-0.2, -0.15) is 0 Å². The van der Waals surface area contributed by atoms with E-state index in [2.05, 4.69) is 24.3 Å². The summed E-state index contributed by atoms with van der Waals surface area (Å²) in [7, 11) is 0. The van der Waals surface area contributed by atoms with E-state index in [-0.39, 0.29) is 5.91 Å². The number of benzene rings is 2. The zero-order valence-corrected chi connectivity index (χ0v) is 12.4. The van der Waals surface area contributed by atoms with Gasteiger partial charge in [-0.1, -0.05) is 36.4 Å². The molecule has 2 nitrogen and oxygen atoms in total. The van der Waals surface area contributed by atoms with Crippen molar-refractivity contribution < 1.29 is 4.79 Å². The lowest BCUT2D eigenvalue weighted by Crippen LogP contribution is -2.34. The average molecular weight is 293 g/mol. The minimum absolute atomic E-state index is 0.128. The normalized spacial score (nSPS) is 14.2. The van der Waals surface area contributed by atoms with Gasteiger partial charge in [-0.15, -0.1) is 11.3 Å². The van der Waals surface area contributed by atoms with Crippen molar-refractivity contribution in [1.82, 2.24) is 0 Å². The zero-order valence-electron chi connectivity index (χ0n) is 11.6. The fourth-order valence-corrected chi connectivity index (χ4v) is 3.98. The predicted molar refractivity (Wildman–Crippen MR) is 88.3 cm³/mol. The van der Waals surface area contributed by atoms with Gasteiger partial charge in [-0.3, -0.25) is 4.79 Å². The number of fused-ring (bicyclic) bond motifs is 2. The highest BCUT2D eigenvalue weighted by Gasteiger charge is 2.24. The van der Waals surface area contributed by atoms with Gasteiger partial charge in [-0.05, 0) is 42.0 Å². The predicted octanol–water partition coefficient (Wildman–Crippen LogP) is 4.49. The summed E-state index contributed by atoms with van der Waals surface area (Å²) in [6, 6.07) is 18.4. The van der Waals surface area contributed by atoms with Crippen LogP contribution < -0.4 is 4.90 Å². The monoisotopic (exact) mass is 293 g/mol. The Kier molecular flexibility index (Phi) is 3.00. The highest BCUT2D eigenvalue weighted by molar-refractivity contribution is 7.20. The number of hydrogen-bond donors (Lipinski definition) is 0. The Hall–Kier alpha value is -2.13. The van der Waals surface area contributed by atoms with Crippen molar-refractivity contribution in [2.45, 2.75) is 12.8 Å². The van der Waals surface area contributed by atoms with Crippen molar-refractivity contribution in [3.05, 3.63) is 65.0 Å². The van der Waals surface area contributed by atoms with Crippen LogP contribution in [-0.2, 0) is 6.42 Å². The number of aryl methyl sites for hydroxylation is 1. The van der Waals surface area contributed by atoms with Gasteiger partial charge < -0.3 is 4.90 Å². The summed E-state index contributed by atoms with van der Waals surface area (Å²) in [5.74, 6) is 0.128. The molecule has 0 saturated heterocycles. The molecule has 1 aliphatic rings. The van der Waals surface area contributed by atoms with Gasteiger partial charge in [0, 0.05) is 16.9 Å². The van der Waals surface area contributed by atoms with Gasteiger partial charge in [0.05, 0.1) is 4.88 Å². The van der Waals surface area contributed by atoms with E-state index in [4.69, 9.17) is 0 Å². The van der Waals surface area contributed by atoms with Crippen LogP contribution in [-0.4, -0.2) is 12.5 Å². The van der Waals surface area contributed by atoms with Crippen LogP contribution in [0.5, 0.6) is 0 Å². The maximum atomic E-state index is 12.9. The van der Waals surface area contributed by atoms with Crippen molar-refractivity contribution in [3.63, 3.8) is 0 Å². The molecular formula is C18H15NOS. The first-order valence-electron chi connectivity index (χ1n) is 7.21. The van der Waals surface area contributed by atoms with E-state index < -0.39 is 0 Å². The second-order valence-electron chi connectivity index (χ2n) is 5.34. The third kappa shape index (κ3) is 2.14. The molecule has 1 aliphatic heterocycles. The molecule has 3 heteroatoms. The smallest absolute Gasteiger partial charge is 0.268 e. The van der Waals surface area contributed by atoms with E-state index in [0.29, 0.717) is 0 Å². The summed E-state index contributed by atoms with van der Waals surface area (Å²) in [4.78, 5) is 15.6. The third-order valence-corrected chi connectivity index (χ3v) is 5.10. The zero-order chi connectivity index (χ0) is 14.2. The molecule has 1 aromatic heterocycles. The van der Waals surface area contributed by atoms with Crippen LogP contribution in [0, 0.1) is 0 Å². The quantitative estimate of drug-likeness (QED) is 0.647. The molecule has 0 spiro atoms. The molecule has 0 N–H and O–H groups in total. The van der Waals surface area contributed by atoms with E-state index in [0.717, 1.165) is 35.3 Å². The number of anilines is 1. The van der Waals surface area contributed by atoms with Gasteiger partial charge in [0.15, 0.2) is 0 Å². The summed E-state index contributed by atoms with van der Waals surface area (Å²) >= 11 is 1.58. The molecule has 2 heterocycles. The Bertz CT molecular complexity index is 788. The molecule has 21 heavy (non-hydrogen) atoms. The molecule has 0 unspecified atom stereocenters.